The van der Waals surface area contributed by atoms with Crippen LogP contribution in [0, 0.1) is 5.92 Å². The first-order valence-corrected chi connectivity index (χ1v) is 5.40. The molecule has 0 atom stereocenters. The Bertz CT molecular complexity index is 211. The fourth-order valence-corrected chi connectivity index (χ4v) is 1.93. The lowest BCUT2D eigenvalue weighted by molar-refractivity contribution is 0.720. The Hall–Kier alpha value is -0.590. The molecule has 1 heteroatoms. The smallest absolute Gasteiger partial charge is 0.0373 e. The molecule has 1 rings (SSSR count). The molecule has 0 heterocycles. The lowest BCUT2D eigenvalue weighted by Gasteiger charge is -2.07. The number of hydrogen-bond donors (Lipinski definition) is 0. The lowest BCUT2D eigenvalue weighted by atomic mass is 10.0. The summed E-state index contributed by atoms with van der Waals surface area (Å²) in [4.78, 5) is 4.39. The van der Waals surface area contributed by atoms with Crippen molar-refractivity contribution in [2.45, 2.75) is 46.0 Å². The summed E-state index contributed by atoms with van der Waals surface area (Å²) >= 11 is 0. The van der Waals surface area contributed by atoms with Gasteiger partial charge in [-0.25, -0.2) is 0 Å². The average molecular weight is 179 g/mol. The Morgan fingerprint density at radius 2 is 1.85 bits per heavy atom. The summed E-state index contributed by atoms with van der Waals surface area (Å²) in [6, 6.07) is 0. The molecule has 0 spiro atoms. The highest BCUT2D eigenvalue weighted by molar-refractivity contribution is 6.00. The summed E-state index contributed by atoms with van der Waals surface area (Å²) in [5, 5.41) is 0. The van der Waals surface area contributed by atoms with E-state index >= 15 is 0 Å². The minimum absolute atomic E-state index is 0.657. The Morgan fingerprint density at radius 3 is 2.46 bits per heavy atom. The topological polar surface area (TPSA) is 12.4 Å². The third-order valence-corrected chi connectivity index (χ3v) is 2.53. The second-order valence-corrected chi connectivity index (χ2v) is 4.17. The van der Waals surface area contributed by atoms with E-state index in [1.807, 2.05) is 7.05 Å². The third kappa shape index (κ3) is 3.33. The molecule has 74 valence electrons. The van der Waals surface area contributed by atoms with Gasteiger partial charge in [-0.2, -0.15) is 0 Å². The Morgan fingerprint density at radius 1 is 1.15 bits per heavy atom. The highest BCUT2D eigenvalue weighted by Gasteiger charge is 2.10. The van der Waals surface area contributed by atoms with E-state index in [1.165, 1.54) is 43.4 Å². The first-order valence-electron chi connectivity index (χ1n) is 5.40. The van der Waals surface area contributed by atoms with Crippen molar-refractivity contribution in [2.24, 2.45) is 10.9 Å². The summed E-state index contributed by atoms with van der Waals surface area (Å²) in [6.45, 7) is 4.48. The second-order valence-electron chi connectivity index (χ2n) is 4.17. The van der Waals surface area contributed by atoms with Crippen LogP contribution in [-0.2, 0) is 0 Å². The van der Waals surface area contributed by atoms with Crippen molar-refractivity contribution in [3.8, 4) is 0 Å². The molecule has 0 radical (unpaired) electrons. The Balaban J connectivity index is 2.77. The van der Waals surface area contributed by atoms with E-state index in [0.29, 0.717) is 5.92 Å². The number of aliphatic imine (C=N–C) groups is 1. The first-order chi connectivity index (χ1) is 6.24. The molecular formula is C12H21N. The highest BCUT2D eigenvalue weighted by Crippen LogP contribution is 2.21. The van der Waals surface area contributed by atoms with Gasteiger partial charge >= 0.3 is 0 Å². The molecule has 0 amide bonds. The van der Waals surface area contributed by atoms with Crippen molar-refractivity contribution in [1.82, 2.24) is 0 Å². The van der Waals surface area contributed by atoms with Crippen LogP contribution in [0.1, 0.15) is 46.0 Å². The van der Waals surface area contributed by atoms with Gasteiger partial charge in [-0.1, -0.05) is 26.3 Å². The summed E-state index contributed by atoms with van der Waals surface area (Å²) in [5.41, 5.74) is 2.86. The fraction of sp³-hybridized carbons (Fsp3) is 0.750. The first kappa shape index (κ1) is 10.5. The molecule has 0 bridgehead atoms. The highest BCUT2D eigenvalue weighted by atomic mass is 14.7. The largest absolute Gasteiger partial charge is 0.293 e. The van der Waals surface area contributed by atoms with Crippen LogP contribution in [0.3, 0.4) is 0 Å². The van der Waals surface area contributed by atoms with Crippen molar-refractivity contribution in [3.05, 3.63) is 11.6 Å². The van der Waals surface area contributed by atoms with Crippen LogP contribution in [0.5, 0.6) is 0 Å². The third-order valence-electron chi connectivity index (χ3n) is 2.53. The molecule has 1 aliphatic rings. The van der Waals surface area contributed by atoms with Gasteiger partial charge in [0.05, 0.1) is 0 Å². The van der Waals surface area contributed by atoms with Gasteiger partial charge in [0.15, 0.2) is 0 Å². The Labute approximate surface area is 82.0 Å². The number of rotatable bonds is 1. The summed E-state index contributed by atoms with van der Waals surface area (Å²) in [5.74, 6) is 0.657. The van der Waals surface area contributed by atoms with Crippen LogP contribution in [-0.4, -0.2) is 12.8 Å². The molecule has 13 heavy (non-hydrogen) atoms. The maximum atomic E-state index is 4.39. The molecule has 0 aliphatic heterocycles. The SMILES string of the molecule is CN=C1CCCCCC1=CC(C)C. The van der Waals surface area contributed by atoms with Crippen molar-refractivity contribution in [3.63, 3.8) is 0 Å². The standard InChI is InChI=1S/C12H21N/c1-10(2)9-11-7-5-4-6-8-12(11)13-3/h9-10H,4-8H2,1-3H3. The molecular weight excluding hydrogens is 158 g/mol. The predicted molar refractivity (Wildman–Crippen MR) is 59.4 cm³/mol. The fourth-order valence-electron chi connectivity index (χ4n) is 1.93. The Kier molecular flexibility index (Phi) is 4.20. The van der Waals surface area contributed by atoms with Crippen molar-refractivity contribution in [2.75, 3.05) is 7.05 Å². The molecule has 1 aliphatic carbocycles. The number of hydrogen-bond acceptors (Lipinski definition) is 1. The number of nitrogens with zero attached hydrogens (tertiary/aromatic N) is 1. The maximum Gasteiger partial charge on any atom is 0.0373 e. The zero-order chi connectivity index (χ0) is 9.68. The maximum absolute atomic E-state index is 4.39. The zero-order valence-corrected chi connectivity index (χ0v) is 9.14. The van der Waals surface area contributed by atoms with E-state index in [0.717, 1.165) is 0 Å². The van der Waals surface area contributed by atoms with E-state index in [9.17, 15) is 0 Å². The normalized spacial score (nSPS) is 25.5. The minimum Gasteiger partial charge on any atom is -0.293 e. The van der Waals surface area contributed by atoms with Crippen LogP contribution in [0.4, 0.5) is 0 Å². The molecule has 0 aromatic heterocycles. The lowest BCUT2D eigenvalue weighted by Crippen LogP contribution is -2.02. The van der Waals surface area contributed by atoms with Gasteiger partial charge < -0.3 is 0 Å². The molecule has 0 aromatic rings. The summed E-state index contributed by atoms with van der Waals surface area (Å²) in [6.07, 6.45) is 8.85. The molecule has 0 unspecified atom stereocenters. The van der Waals surface area contributed by atoms with Crippen LogP contribution >= 0.6 is 0 Å². The van der Waals surface area contributed by atoms with Gasteiger partial charge in [0.1, 0.15) is 0 Å². The predicted octanol–water partition coefficient (Wildman–Crippen LogP) is 3.60. The number of allylic oxidation sites excluding steroid dienone is 2. The van der Waals surface area contributed by atoms with Crippen LogP contribution in [0.2, 0.25) is 0 Å². The van der Waals surface area contributed by atoms with Gasteiger partial charge in [-0.15, -0.1) is 0 Å². The molecule has 1 saturated carbocycles. The van der Waals surface area contributed by atoms with Gasteiger partial charge in [0.2, 0.25) is 0 Å². The average Bonchev–Trinajstić information content (AvgIpc) is 2.28. The zero-order valence-electron chi connectivity index (χ0n) is 9.14. The van der Waals surface area contributed by atoms with Gasteiger partial charge in [0, 0.05) is 12.8 Å². The van der Waals surface area contributed by atoms with E-state index in [4.69, 9.17) is 0 Å². The van der Waals surface area contributed by atoms with Crippen LogP contribution < -0.4 is 0 Å². The van der Waals surface area contributed by atoms with Crippen molar-refractivity contribution < 1.29 is 0 Å². The van der Waals surface area contributed by atoms with Gasteiger partial charge in [0.25, 0.3) is 0 Å². The summed E-state index contributed by atoms with van der Waals surface area (Å²) in [7, 11) is 1.93. The van der Waals surface area contributed by atoms with Crippen LogP contribution in [0.15, 0.2) is 16.6 Å². The van der Waals surface area contributed by atoms with E-state index in [2.05, 4.69) is 24.9 Å². The summed E-state index contributed by atoms with van der Waals surface area (Å²) < 4.78 is 0. The van der Waals surface area contributed by atoms with Crippen molar-refractivity contribution >= 4 is 5.71 Å². The molecule has 0 aromatic carbocycles. The van der Waals surface area contributed by atoms with E-state index in [1.54, 1.807) is 0 Å². The van der Waals surface area contributed by atoms with E-state index in [-0.39, 0.29) is 0 Å². The quantitative estimate of drug-likeness (QED) is 0.545. The van der Waals surface area contributed by atoms with Crippen molar-refractivity contribution in [1.29, 1.82) is 0 Å². The van der Waals surface area contributed by atoms with E-state index < -0.39 is 0 Å². The monoisotopic (exact) mass is 179 g/mol. The molecule has 0 saturated heterocycles. The minimum atomic E-state index is 0.657. The molecule has 0 N–H and O–H groups in total. The van der Waals surface area contributed by atoms with Gasteiger partial charge in [-0.3, -0.25) is 4.99 Å². The van der Waals surface area contributed by atoms with Gasteiger partial charge in [-0.05, 0) is 37.2 Å². The molecule has 1 nitrogen and oxygen atoms in total. The van der Waals surface area contributed by atoms with Crippen LogP contribution in [0.25, 0.3) is 0 Å². The second kappa shape index (κ2) is 5.21. The molecule has 1 fully saturated rings.